The Labute approximate surface area is 92.6 Å². The van der Waals surface area contributed by atoms with Crippen LogP contribution in [0.4, 0.5) is 5.69 Å². The van der Waals surface area contributed by atoms with E-state index in [0.717, 1.165) is 0 Å². The van der Waals surface area contributed by atoms with Gasteiger partial charge in [-0.2, -0.15) is 0 Å². The fourth-order valence-corrected chi connectivity index (χ4v) is 1.45. The molecule has 5 heteroatoms. The zero-order valence-corrected chi connectivity index (χ0v) is 9.02. The van der Waals surface area contributed by atoms with Crippen LogP contribution >= 0.6 is 0 Å². The Morgan fingerprint density at radius 3 is 2.62 bits per heavy atom. The smallest absolute Gasteiger partial charge is 0.293 e. The number of anilines is 1. The Bertz CT molecular complexity index is 455. The van der Waals surface area contributed by atoms with Crippen molar-refractivity contribution in [3.8, 4) is 11.5 Å². The van der Waals surface area contributed by atoms with Gasteiger partial charge in [0.25, 0.3) is 5.91 Å². The molecule has 0 aromatic heterocycles. The lowest BCUT2D eigenvalue weighted by Gasteiger charge is -2.15. The van der Waals surface area contributed by atoms with Crippen molar-refractivity contribution in [1.82, 2.24) is 0 Å². The number of ether oxygens (including phenoxy) is 2. The van der Waals surface area contributed by atoms with Crippen molar-refractivity contribution in [3.05, 3.63) is 18.2 Å². The first-order chi connectivity index (χ1) is 7.59. The summed E-state index contributed by atoms with van der Waals surface area (Å²) in [6.45, 7) is 1.43. The van der Waals surface area contributed by atoms with E-state index in [4.69, 9.17) is 9.47 Å². The first-order valence-electron chi connectivity index (χ1n) is 4.78. The molecular formula is C11H11NO4. The Kier molecular flexibility index (Phi) is 2.52. The van der Waals surface area contributed by atoms with Crippen LogP contribution in [0.3, 0.4) is 0 Å². The molecular weight excluding hydrogens is 210 g/mol. The van der Waals surface area contributed by atoms with Crippen LogP contribution in [-0.4, -0.2) is 25.5 Å². The molecule has 1 aliphatic heterocycles. The van der Waals surface area contributed by atoms with Crippen molar-refractivity contribution in [3.63, 3.8) is 0 Å². The number of likely N-dealkylation sites (N-methyl/N-ethyl adjacent to an activating group) is 1. The molecule has 5 nitrogen and oxygen atoms in total. The van der Waals surface area contributed by atoms with Crippen LogP contribution < -0.4 is 14.4 Å². The molecule has 0 radical (unpaired) electrons. The summed E-state index contributed by atoms with van der Waals surface area (Å²) in [6.07, 6.45) is 0. The quantitative estimate of drug-likeness (QED) is 0.698. The number of ketones is 1. The maximum Gasteiger partial charge on any atom is 0.293 e. The number of amides is 1. The van der Waals surface area contributed by atoms with Gasteiger partial charge in [0.2, 0.25) is 12.6 Å². The van der Waals surface area contributed by atoms with Crippen LogP contribution in [-0.2, 0) is 9.59 Å². The second-order valence-corrected chi connectivity index (χ2v) is 3.46. The molecule has 0 atom stereocenters. The van der Waals surface area contributed by atoms with E-state index in [9.17, 15) is 9.59 Å². The van der Waals surface area contributed by atoms with Crippen molar-refractivity contribution >= 4 is 17.4 Å². The van der Waals surface area contributed by atoms with E-state index < -0.39 is 11.7 Å². The van der Waals surface area contributed by atoms with Crippen LogP contribution in [0.25, 0.3) is 0 Å². The Morgan fingerprint density at radius 1 is 1.25 bits per heavy atom. The molecule has 0 saturated carbocycles. The van der Waals surface area contributed by atoms with Crippen LogP contribution in [0.1, 0.15) is 6.92 Å². The molecule has 0 spiro atoms. The number of nitrogens with zero attached hydrogens (tertiary/aromatic N) is 1. The molecule has 0 aliphatic carbocycles. The molecule has 1 aromatic carbocycles. The third-order valence-corrected chi connectivity index (χ3v) is 2.35. The SMILES string of the molecule is CC(=O)C(=O)N(C)c1ccc2c(c1)OCO2. The first-order valence-corrected chi connectivity index (χ1v) is 4.78. The Morgan fingerprint density at radius 2 is 1.94 bits per heavy atom. The van der Waals surface area contributed by atoms with Crippen molar-refractivity contribution in [1.29, 1.82) is 0 Å². The van der Waals surface area contributed by atoms with E-state index in [2.05, 4.69) is 0 Å². The van der Waals surface area contributed by atoms with Gasteiger partial charge in [0.1, 0.15) is 0 Å². The highest BCUT2D eigenvalue weighted by Gasteiger charge is 2.19. The van der Waals surface area contributed by atoms with Gasteiger partial charge in [-0.1, -0.05) is 0 Å². The van der Waals surface area contributed by atoms with Gasteiger partial charge in [0.05, 0.1) is 0 Å². The topological polar surface area (TPSA) is 55.8 Å². The monoisotopic (exact) mass is 221 g/mol. The number of hydrogen-bond acceptors (Lipinski definition) is 4. The van der Waals surface area contributed by atoms with Crippen LogP contribution in [0.15, 0.2) is 18.2 Å². The summed E-state index contributed by atoms with van der Waals surface area (Å²) in [7, 11) is 1.54. The summed E-state index contributed by atoms with van der Waals surface area (Å²) in [4.78, 5) is 23.7. The Hall–Kier alpha value is -2.04. The standard InChI is InChI=1S/C11H11NO4/c1-7(13)11(14)12(2)8-3-4-9-10(5-8)16-6-15-9/h3-5H,6H2,1-2H3. The van der Waals surface area contributed by atoms with Crippen LogP contribution in [0.2, 0.25) is 0 Å². The van der Waals surface area contributed by atoms with Crippen molar-refractivity contribution in [2.75, 3.05) is 18.7 Å². The summed E-state index contributed by atoms with van der Waals surface area (Å²) < 4.78 is 10.3. The minimum atomic E-state index is -0.557. The molecule has 1 heterocycles. The fourth-order valence-electron chi connectivity index (χ4n) is 1.45. The predicted octanol–water partition coefficient (Wildman–Crippen LogP) is 0.967. The molecule has 0 saturated heterocycles. The summed E-state index contributed by atoms with van der Waals surface area (Å²) in [5, 5.41) is 0. The third-order valence-electron chi connectivity index (χ3n) is 2.35. The average Bonchev–Trinajstić information content (AvgIpc) is 2.73. The highest BCUT2D eigenvalue weighted by molar-refractivity contribution is 6.40. The van der Waals surface area contributed by atoms with Crippen LogP contribution in [0, 0.1) is 0 Å². The first kappa shape index (κ1) is 10.5. The van der Waals surface area contributed by atoms with E-state index >= 15 is 0 Å². The second-order valence-electron chi connectivity index (χ2n) is 3.46. The zero-order valence-electron chi connectivity index (χ0n) is 9.02. The molecule has 0 bridgehead atoms. The van der Waals surface area contributed by atoms with Gasteiger partial charge in [0, 0.05) is 25.7 Å². The van der Waals surface area contributed by atoms with E-state index in [1.807, 2.05) is 0 Å². The number of benzene rings is 1. The van der Waals surface area contributed by atoms with Gasteiger partial charge in [-0.05, 0) is 12.1 Å². The second kappa shape index (κ2) is 3.84. The lowest BCUT2D eigenvalue weighted by molar-refractivity contribution is -0.134. The van der Waals surface area contributed by atoms with Crippen LogP contribution in [0.5, 0.6) is 11.5 Å². The summed E-state index contributed by atoms with van der Waals surface area (Å²) in [5.41, 5.74) is 0.601. The highest BCUT2D eigenvalue weighted by atomic mass is 16.7. The average molecular weight is 221 g/mol. The van der Waals surface area contributed by atoms with Gasteiger partial charge < -0.3 is 14.4 Å². The lowest BCUT2D eigenvalue weighted by Crippen LogP contribution is -2.31. The number of Topliss-reactive ketones (excluding diaryl/α,β-unsaturated/α-hetero) is 1. The lowest BCUT2D eigenvalue weighted by atomic mass is 10.2. The van der Waals surface area contributed by atoms with Crippen molar-refractivity contribution in [2.24, 2.45) is 0 Å². The maximum absolute atomic E-state index is 11.4. The third kappa shape index (κ3) is 1.71. The van der Waals surface area contributed by atoms with E-state index in [-0.39, 0.29) is 6.79 Å². The molecule has 1 aromatic rings. The van der Waals surface area contributed by atoms with Gasteiger partial charge in [0.15, 0.2) is 11.5 Å². The van der Waals surface area contributed by atoms with Crippen molar-refractivity contribution in [2.45, 2.75) is 6.92 Å². The fraction of sp³-hybridized carbons (Fsp3) is 0.273. The number of carbonyl (C=O) groups is 2. The Balaban J connectivity index is 2.28. The largest absolute Gasteiger partial charge is 0.454 e. The van der Waals surface area contributed by atoms with E-state index in [1.54, 1.807) is 25.2 Å². The van der Waals surface area contributed by atoms with Gasteiger partial charge >= 0.3 is 0 Å². The normalized spacial score (nSPS) is 12.4. The van der Waals surface area contributed by atoms with E-state index in [0.29, 0.717) is 17.2 Å². The van der Waals surface area contributed by atoms with Gasteiger partial charge in [-0.25, -0.2) is 0 Å². The maximum atomic E-state index is 11.4. The minimum absolute atomic E-state index is 0.184. The zero-order chi connectivity index (χ0) is 11.7. The van der Waals surface area contributed by atoms with Crippen molar-refractivity contribution < 1.29 is 19.1 Å². The number of rotatable bonds is 2. The summed E-state index contributed by atoms with van der Waals surface area (Å²) in [5.74, 6) is 0.173. The molecule has 16 heavy (non-hydrogen) atoms. The predicted molar refractivity (Wildman–Crippen MR) is 56.7 cm³/mol. The molecule has 0 fully saturated rings. The molecule has 1 aliphatic rings. The van der Waals surface area contributed by atoms with Gasteiger partial charge in [-0.15, -0.1) is 0 Å². The molecule has 0 N–H and O–H groups in total. The van der Waals surface area contributed by atoms with E-state index in [1.165, 1.54) is 11.8 Å². The summed E-state index contributed by atoms with van der Waals surface area (Å²) >= 11 is 0. The van der Waals surface area contributed by atoms with Gasteiger partial charge in [-0.3, -0.25) is 9.59 Å². The minimum Gasteiger partial charge on any atom is -0.454 e. The molecule has 1 amide bonds. The molecule has 84 valence electrons. The molecule has 0 unspecified atom stereocenters. The number of hydrogen-bond donors (Lipinski definition) is 0. The number of fused-ring (bicyclic) bond motifs is 1. The highest BCUT2D eigenvalue weighted by Crippen LogP contribution is 2.35. The summed E-state index contributed by atoms with van der Waals surface area (Å²) in [6, 6.07) is 5.08. The number of carbonyl (C=O) groups excluding carboxylic acids is 2. The molecule has 2 rings (SSSR count).